The molecule has 12 heteroatoms. The van der Waals surface area contributed by atoms with Gasteiger partial charge in [-0.1, -0.05) is 168 Å². The van der Waals surface area contributed by atoms with E-state index in [4.69, 9.17) is 0 Å². The Balaban J connectivity index is 0.000000177. The molecule has 626 valence electrons. The zero-order valence-corrected chi connectivity index (χ0v) is 79.8. The van der Waals surface area contributed by atoms with Gasteiger partial charge in [-0.2, -0.15) is 0 Å². The molecule has 0 fully saturated rings. The molecule has 0 aliphatic heterocycles. The van der Waals surface area contributed by atoms with E-state index in [1.54, 1.807) is 12.4 Å². The first kappa shape index (κ1) is 97.7. The molecule has 0 aliphatic rings. The molecule has 0 spiro atoms. The molecule has 8 aromatic heterocycles. The van der Waals surface area contributed by atoms with Gasteiger partial charge < -0.3 is 39.9 Å². The average molecular weight is 2330 g/mol. The second kappa shape index (κ2) is 53.3. The molecule has 0 bridgehead atoms. The van der Waals surface area contributed by atoms with Crippen molar-refractivity contribution in [2.75, 3.05) is 0 Å². The Bertz CT molecular complexity index is 5880. The molecule has 0 atom stereocenters. The average Bonchev–Trinajstić information content (AvgIpc) is 0.828. The first-order valence-corrected chi connectivity index (χ1v) is 39.9. The van der Waals surface area contributed by atoms with Crippen molar-refractivity contribution >= 4 is 0 Å². The van der Waals surface area contributed by atoms with Crippen molar-refractivity contribution in [3.63, 3.8) is 0 Å². The van der Waals surface area contributed by atoms with Crippen LogP contribution in [0.4, 0.5) is 0 Å². The Morgan fingerprint density at radius 3 is 0.856 bits per heavy atom. The summed E-state index contributed by atoms with van der Waals surface area (Å²) >= 11 is 0. The molecule has 8 heterocycles. The van der Waals surface area contributed by atoms with Gasteiger partial charge in [0.05, 0.1) is 0 Å². The Hall–Kier alpha value is -12.8. The molecule has 8 nitrogen and oxygen atoms in total. The number of nitrogens with zero attached hydrogens (tertiary/aromatic N) is 8. The Morgan fingerprint density at radius 2 is 0.512 bits per heavy atom. The monoisotopic (exact) mass is 2330 g/mol. The minimum absolute atomic E-state index is 0. The van der Waals surface area contributed by atoms with E-state index >= 15 is 0 Å². The summed E-state index contributed by atoms with van der Waals surface area (Å²) in [7, 11) is 0. The molecule has 4 radical (unpaired) electrons. The van der Waals surface area contributed by atoms with Gasteiger partial charge >= 0.3 is 0 Å². The summed E-state index contributed by atoms with van der Waals surface area (Å²) in [6.45, 7) is 14.6. The number of hydrogen-bond acceptors (Lipinski definition) is 8. The van der Waals surface area contributed by atoms with E-state index in [2.05, 4.69) is 209 Å². The number of pyridine rings is 8. The first-order chi connectivity index (χ1) is 59.5. The number of hydrogen-bond donors (Lipinski definition) is 0. The summed E-state index contributed by atoms with van der Waals surface area (Å²) in [6, 6.07) is 150. The first-order valence-electron chi connectivity index (χ1n) is 39.9. The maximum atomic E-state index is 4.55. The molecule has 19 rings (SSSR count). The van der Waals surface area contributed by atoms with Gasteiger partial charge in [-0.3, -0.25) is 0 Å². The Morgan fingerprint density at radius 1 is 0.192 bits per heavy atom. The van der Waals surface area contributed by atoms with Gasteiger partial charge in [0.2, 0.25) is 0 Å². The van der Waals surface area contributed by atoms with Crippen LogP contribution in [0, 0.1) is 97.0 Å². The van der Waals surface area contributed by atoms with E-state index in [0.29, 0.717) is 0 Å². The van der Waals surface area contributed by atoms with Gasteiger partial charge in [0.1, 0.15) is 0 Å². The number of benzene rings is 11. The van der Waals surface area contributed by atoms with Crippen molar-refractivity contribution in [2.24, 2.45) is 0 Å². The van der Waals surface area contributed by atoms with Crippen LogP contribution in [-0.2, 0) is 80.4 Å². The second-order valence-corrected chi connectivity index (χ2v) is 27.9. The van der Waals surface area contributed by atoms with Crippen LogP contribution in [0.5, 0.6) is 0 Å². The van der Waals surface area contributed by atoms with Crippen molar-refractivity contribution in [2.45, 2.75) is 48.5 Å². The van der Waals surface area contributed by atoms with Crippen LogP contribution in [0.15, 0.2) is 419 Å². The predicted octanol–water partition coefficient (Wildman–Crippen LogP) is 27.5. The summed E-state index contributed by atoms with van der Waals surface area (Å²) < 4.78 is 0. The van der Waals surface area contributed by atoms with Crippen LogP contribution in [0.25, 0.3) is 123 Å². The van der Waals surface area contributed by atoms with Crippen LogP contribution in [0.3, 0.4) is 0 Å². The smallest absolute Gasteiger partial charge is 0.0268 e. The SMILES string of the molecule is Cc1cc(-c2[c-]cccc2)ncc1-c1ccccc1.Cc1cc(-c2[c-]cccc2)ncc1-c1ccccc1.Cc1cc(C)nc(-c2[c-]cccc2)c1.Cc1cccnc1-c1[c-]cccc1.Cc1cnc(-c2[c-]cccc2)cc1C.[Ir].[Ir].[Ir].[Ir].[c-]1ccccc1-c1cc(-c2ccccc2)ccn1.[c-]1ccccc1-c1ccccn1.[c-]1ccccc1-c1ccccn1. The van der Waals surface area contributed by atoms with Crippen LogP contribution in [0.2, 0.25) is 0 Å². The van der Waals surface area contributed by atoms with Crippen LogP contribution < -0.4 is 0 Å². The molecule has 125 heavy (non-hydrogen) atoms. The van der Waals surface area contributed by atoms with Gasteiger partial charge in [0, 0.05) is 141 Å². The van der Waals surface area contributed by atoms with Gasteiger partial charge in [-0.25, -0.2) is 0 Å². The van der Waals surface area contributed by atoms with E-state index < -0.39 is 0 Å². The van der Waals surface area contributed by atoms with Gasteiger partial charge in [-0.05, 0) is 163 Å². The summed E-state index contributed by atoms with van der Waals surface area (Å²) in [4.78, 5) is 35.1. The van der Waals surface area contributed by atoms with Gasteiger partial charge in [0.25, 0.3) is 0 Å². The van der Waals surface area contributed by atoms with E-state index in [1.807, 2.05) is 335 Å². The third-order valence-electron chi connectivity index (χ3n) is 18.9. The Kier molecular flexibility index (Phi) is 41.6. The van der Waals surface area contributed by atoms with E-state index in [-0.39, 0.29) is 80.4 Å². The number of rotatable bonds is 11. The zero-order valence-electron chi connectivity index (χ0n) is 70.2. The fourth-order valence-electron chi connectivity index (χ4n) is 12.6. The van der Waals surface area contributed by atoms with Crippen molar-refractivity contribution in [3.05, 3.63) is 507 Å². The molecular weight excluding hydrogens is 2240 g/mol. The molecule has 0 amide bonds. The third-order valence-corrected chi connectivity index (χ3v) is 18.9. The van der Waals surface area contributed by atoms with Crippen LogP contribution in [-0.4, -0.2) is 39.9 Å². The summed E-state index contributed by atoms with van der Waals surface area (Å²) in [5.41, 5.74) is 31.8. The maximum absolute atomic E-state index is 4.55. The molecule has 19 aromatic rings. The Labute approximate surface area is 792 Å². The van der Waals surface area contributed by atoms with Crippen molar-refractivity contribution in [1.82, 2.24) is 39.9 Å². The van der Waals surface area contributed by atoms with Crippen LogP contribution >= 0.6 is 0 Å². The third kappa shape index (κ3) is 30.9. The standard InChI is InChI=1S/2C18H14N.C17H12N.2C13H12N.C12H10N.2C11H8N.4Ir/c2*1-14-12-18(16-10-6-3-7-11-16)19-13-17(14)15-8-4-2-5-9-15;1-3-7-14(8-4-1)16-11-12-18-17(13-16)15-9-5-2-6-10-15;1-10-8-13(14-9-11(10)2)12-6-4-3-5-7-12;1-10-8-11(2)14-13(9-10)12-6-4-3-5-7-12;1-10-6-5-9-13-12(10)11-7-3-2-4-8-11;2*1-2-6-10(7-3-1)11-8-4-5-9-12-11;;;;/h2*2-10,12-13H,1H3;1-9,11-13H;2*3-6,8-9H,1-2H3;2-7,9H,1H3;2*1-6,8-9H;;;;/q8*-1;;;;. The van der Waals surface area contributed by atoms with Crippen molar-refractivity contribution in [1.29, 1.82) is 0 Å². The van der Waals surface area contributed by atoms with Gasteiger partial charge in [0.15, 0.2) is 0 Å². The topological polar surface area (TPSA) is 103 Å². The predicted molar refractivity (Wildman–Crippen MR) is 498 cm³/mol. The fourth-order valence-corrected chi connectivity index (χ4v) is 12.6. The molecule has 11 aromatic carbocycles. The molecule has 0 N–H and O–H groups in total. The molecular formula is C113H90Ir4N8-8. The number of aromatic nitrogens is 8. The summed E-state index contributed by atoms with van der Waals surface area (Å²) in [6.07, 6.45) is 13.0. The molecule has 0 saturated carbocycles. The zero-order chi connectivity index (χ0) is 83.8. The summed E-state index contributed by atoms with van der Waals surface area (Å²) in [5, 5.41) is 0. The van der Waals surface area contributed by atoms with E-state index in [9.17, 15) is 0 Å². The normalized spacial score (nSPS) is 9.78. The van der Waals surface area contributed by atoms with E-state index in [0.717, 1.165) is 95.8 Å². The number of aryl methyl sites for hydroxylation is 7. The quantitative estimate of drug-likeness (QED) is 0.118. The molecule has 0 unspecified atom stereocenters. The van der Waals surface area contributed by atoms with Crippen LogP contribution in [0.1, 0.15) is 39.1 Å². The van der Waals surface area contributed by atoms with Crippen molar-refractivity contribution in [3.8, 4) is 123 Å². The largest absolute Gasteiger partial charge is 0.305 e. The minimum atomic E-state index is 0. The molecule has 0 aliphatic carbocycles. The van der Waals surface area contributed by atoms with Gasteiger partial charge in [-0.15, -0.1) is 287 Å². The maximum Gasteiger partial charge on any atom is 0.0268 e. The minimum Gasteiger partial charge on any atom is -0.305 e. The second-order valence-electron chi connectivity index (χ2n) is 27.9. The van der Waals surface area contributed by atoms with E-state index in [1.165, 1.54) is 66.8 Å². The fraction of sp³-hybridized carbons (Fsp3) is 0.0619. The summed E-state index contributed by atoms with van der Waals surface area (Å²) in [5.74, 6) is 0. The van der Waals surface area contributed by atoms with Crippen molar-refractivity contribution < 1.29 is 80.4 Å². The molecule has 0 saturated heterocycles.